The van der Waals surface area contributed by atoms with Gasteiger partial charge in [-0.3, -0.25) is 4.79 Å². The van der Waals surface area contributed by atoms with E-state index in [1.807, 2.05) is 0 Å². The second kappa shape index (κ2) is 2.42. The number of esters is 1. The SMILES string of the molecule is O=C1Oc2c(Br)cccc2C1=O. The fraction of sp³-hybridized carbons (Fsp3) is 0. The summed E-state index contributed by atoms with van der Waals surface area (Å²) in [4.78, 5) is 21.8. The lowest BCUT2D eigenvalue weighted by molar-refractivity contribution is -0.128. The van der Waals surface area contributed by atoms with Crippen LogP contribution in [0.1, 0.15) is 10.4 Å². The van der Waals surface area contributed by atoms with Gasteiger partial charge < -0.3 is 4.74 Å². The van der Waals surface area contributed by atoms with E-state index in [1.165, 1.54) is 0 Å². The Hall–Kier alpha value is -1.16. The molecule has 4 heteroatoms. The highest BCUT2D eigenvalue weighted by Gasteiger charge is 2.31. The molecule has 1 aromatic carbocycles. The Bertz CT molecular complexity index is 384. The first-order chi connectivity index (χ1) is 5.70. The topological polar surface area (TPSA) is 43.4 Å². The van der Waals surface area contributed by atoms with Crippen LogP contribution in [0.4, 0.5) is 0 Å². The molecule has 0 amide bonds. The van der Waals surface area contributed by atoms with Gasteiger partial charge in [-0.1, -0.05) is 6.07 Å². The summed E-state index contributed by atoms with van der Waals surface area (Å²) >= 11 is 3.17. The molecule has 0 saturated heterocycles. The number of halogens is 1. The predicted molar refractivity (Wildman–Crippen MR) is 44.1 cm³/mol. The van der Waals surface area contributed by atoms with Crippen LogP contribution in [0.25, 0.3) is 0 Å². The van der Waals surface area contributed by atoms with Crippen molar-refractivity contribution >= 4 is 27.7 Å². The van der Waals surface area contributed by atoms with E-state index in [9.17, 15) is 9.59 Å². The summed E-state index contributed by atoms with van der Waals surface area (Å²) in [5.74, 6) is -1.06. The summed E-state index contributed by atoms with van der Waals surface area (Å²) in [6.45, 7) is 0. The Balaban J connectivity index is 2.68. The fourth-order valence-electron chi connectivity index (χ4n) is 1.04. The first kappa shape index (κ1) is 7.49. The van der Waals surface area contributed by atoms with Crippen LogP contribution in [0.5, 0.6) is 5.75 Å². The zero-order valence-corrected chi connectivity index (χ0v) is 7.42. The zero-order chi connectivity index (χ0) is 8.72. The van der Waals surface area contributed by atoms with Gasteiger partial charge in [-0.15, -0.1) is 0 Å². The van der Waals surface area contributed by atoms with E-state index in [1.54, 1.807) is 18.2 Å². The molecule has 0 saturated carbocycles. The molecule has 2 rings (SSSR count). The van der Waals surface area contributed by atoms with Gasteiger partial charge in [0.2, 0.25) is 0 Å². The molecular weight excluding hydrogens is 224 g/mol. The van der Waals surface area contributed by atoms with E-state index in [-0.39, 0.29) is 0 Å². The molecule has 12 heavy (non-hydrogen) atoms. The molecule has 0 aliphatic carbocycles. The quantitative estimate of drug-likeness (QED) is 0.383. The van der Waals surface area contributed by atoms with Gasteiger partial charge in [0.25, 0.3) is 5.78 Å². The van der Waals surface area contributed by atoms with Crippen LogP contribution in [0.2, 0.25) is 0 Å². The van der Waals surface area contributed by atoms with Gasteiger partial charge in [-0.25, -0.2) is 4.79 Å². The number of hydrogen-bond donors (Lipinski definition) is 0. The predicted octanol–water partition coefficient (Wildman–Crippen LogP) is 1.55. The maximum absolute atomic E-state index is 11.1. The van der Waals surface area contributed by atoms with E-state index in [0.29, 0.717) is 15.8 Å². The van der Waals surface area contributed by atoms with Crippen molar-refractivity contribution in [2.75, 3.05) is 0 Å². The third kappa shape index (κ3) is 0.881. The second-order valence-electron chi connectivity index (χ2n) is 2.34. The van der Waals surface area contributed by atoms with E-state index in [4.69, 9.17) is 4.74 Å². The molecule has 0 bridgehead atoms. The monoisotopic (exact) mass is 226 g/mol. The van der Waals surface area contributed by atoms with Crippen LogP contribution in [-0.4, -0.2) is 11.8 Å². The molecule has 0 unspecified atom stereocenters. The minimum atomic E-state index is -0.808. The summed E-state index contributed by atoms with van der Waals surface area (Å²) in [5, 5.41) is 0. The summed E-state index contributed by atoms with van der Waals surface area (Å²) in [7, 11) is 0. The van der Waals surface area contributed by atoms with Crippen LogP contribution in [0, 0.1) is 0 Å². The number of fused-ring (bicyclic) bond motifs is 1. The molecule has 1 heterocycles. The van der Waals surface area contributed by atoms with Crippen LogP contribution >= 0.6 is 15.9 Å². The van der Waals surface area contributed by atoms with Crippen molar-refractivity contribution < 1.29 is 14.3 Å². The Morgan fingerprint density at radius 2 is 2.00 bits per heavy atom. The van der Waals surface area contributed by atoms with Crippen LogP contribution < -0.4 is 4.74 Å². The fourth-order valence-corrected chi connectivity index (χ4v) is 1.49. The van der Waals surface area contributed by atoms with Crippen molar-refractivity contribution in [3.8, 4) is 5.75 Å². The third-order valence-corrected chi connectivity index (χ3v) is 2.22. The number of carbonyl (C=O) groups excluding carboxylic acids is 2. The Morgan fingerprint density at radius 1 is 1.25 bits per heavy atom. The van der Waals surface area contributed by atoms with Gasteiger partial charge in [0.1, 0.15) is 0 Å². The molecular formula is C8H3BrO3. The number of ketones is 1. The molecule has 0 N–H and O–H groups in total. The van der Waals surface area contributed by atoms with E-state index in [0.717, 1.165) is 0 Å². The molecule has 1 aromatic rings. The lowest BCUT2D eigenvalue weighted by Gasteiger charge is -1.96. The minimum Gasteiger partial charge on any atom is -0.419 e. The van der Waals surface area contributed by atoms with Gasteiger partial charge in [0.05, 0.1) is 10.0 Å². The average molecular weight is 227 g/mol. The van der Waals surface area contributed by atoms with Gasteiger partial charge in [-0.2, -0.15) is 0 Å². The summed E-state index contributed by atoms with van der Waals surface area (Å²) in [5.41, 5.74) is 0.328. The van der Waals surface area contributed by atoms with Crippen molar-refractivity contribution in [1.82, 2.24) is 0 Å². The highest BCUT2D eigenvalue weighted by Crippen LogP contribution is 2.33. The second-order valence-corrected chi connectivity index (χ2v) is 3.19. The Kier molecular flexibility index (Phi) is 1.51. The molecule has 1 aliphatic heterocycles. The molecule has 0 fully saturated rings. The van der Waals surface area contributed by atoms with E-state index >= 15 is 0 Å². The normalized spacial score (nSPS) is 14.4. The van der Waals surface area contributed by atoms with Crippen molar-refractivity contribution in [2.24, 2.45) is 0 Å². The van der Waals surface area contributed by atoms with Gasteiger partial charge in [0.15, 0.2) is 5.75 Å². The largest absolute Gasteiger partial charge is 0.419 e. The minimum absolute atomic E-state index is 0.326. The molecule has 0 aromatic heterocycles. The van der Waals surface area contributed by atoms with E-state index in [2.05, 4.69) is 15.9 Å². The molecule has 1 aliphatic rings. The van der Waals surface area contributed by atoms with Gasteiger partial charge in [-0.05, 0) is 28.1 Å². The van der Waals surface area contributed by atoms with Crippen molar-refractivity contribution in [1.29, 1.82) is 0 Å². The Morgan fingerprint density at radius 3 is 2.67 bits per heavy atom. The van der Waals surface area contributed by atoms with Crippen LogP contribution in [-0.2, 0) is 4.79 Å². The van der Waals surface area contributed by atoms with Crippen molar-refractivity contribution in [3.63, 3.8) is 0 Å². The summed E-state index contributed by atoms with van der Waals surface area (Å²) < 4.78 is 5.34. The maximum atomic E-state index is 11.1. The average Bonchev–Trinajstić information content (AvgIpc) is 2.32. The summed E-state index contributed by atoms with van der Waals surface area (Å²) in [6.07, 6.45) is 0. The number of rotatable bonds is 0. The number of carbonyl (C=O) groups is 2. The highest BCUT2D eigenvalue weighted by molar-refractivity contribution is 9.10. The number of benzene rings is 1. The standard InChI is InChI=1S/C8H3BrO3/c9-5-3-1-2-4-6(10)8(11)12-7(4)5/h1-3H. The summed E-state index contributed by atoms with van der Waals surface area (Å²) in [6, 6.07) is 4.96. The number of Topliss-reactive ketones (excluding diaryl/α,β-unsaturated/α-hetero) is 1. The lowest BCUT2D eigenvalue weighted by atomic mass is 10.1. The zero-order valence-electron chi connectivity index (χ0n) is 5.83. The molecule has 3 nitrogen and oxygen atoms in total. The Labute approximate surface area is 76.5 Å². The van der Waals surface area contributed by atoms with Crippen LogP contribution in [0.15, 0.2) is 22.7 Å². The molecule has 0 radical (unpaired) electrons. The number of ether oxygens (including phenoxy) is 1. The first-order valence-electron chi connectivity index (χ1n) is 3.25. The number of hydrogen-bond acceptors (Lipinski definition) is 3. The lowest BCUT2D eigenvalue weighted by Crippen LogP contribution is -2.10. The van der Waals surface area contributed by atoms with Crippen LogP contribution in [0.3, 0.4) is 0 Å². The highest BCUT2D eigenvalue weighted by atomic mass is 79.9. The molecule has 60 valence electrons. The maximum Gasteiger partial charge on any atom is 0.385 e. The number of para-hydroxylation sites is 1. The van der Waals surface area contributed by atoms with Crippen molar-refractivity contribution in [3.05, 3.63) is 28.2 Å². The van der Waals surface area contributed by atoms with E-state index < -0.39 is 11.8 Å². The van der Waals surface area contributed by atoms with Gasteiger partial charge in [0, 0.05) is 0 Å². The van der Waals surface area contributed by atoms with Gasteiger partial charge >= 0.3 is 5.97 Å². The first-order valence-corrected chi connectivity index (χ1v) is 4.04. The smallest absolute Gasteiger partial charge is 0.385 e. The third-order valence-electron chi connectivity index (χ3n) is 1.59. The van der Waals surface area contributed by atoms with Crippen molar-refractivity contribution in [2.45, 2.75) is 0 Å². The molecule has 0 atom stereocenters. The molecule has 0 spiro atoms.